The van der Waals surface area contributed by atoms with E-state index in [0.29, 0.717) is 0 Å². The summed E-state index contributed by atoms with van der Waals surface area (Å²) in [5.41, 5.74) is 0. The van der Waals surface area contributed by atoms with Gasteiger partial charge in [-0.2, -0.15) is 0 Å². The molecule has 0 fully saturated rings. The molecule has 0 aliphatic carbocycles. The van der Waals surface area contributed by atoms with E-state index in [2.05, 4.69) is 4.74 Å². The Morgan fingerprint density at radius 3 is 1.38 bits per heavy atom. The predicted molar refractivity (Wildman–Crippen MR) is 22.4 cm³/mol. The average Bonchev–Trinajstić information content (AvgIpc) is 1.27. The number of hydrogen-bond donors (Lipinski definition) is 0. The molecule has 0 aromatic carbocycles. The first kappa shape index (κ1) is 11.3. The Morgan fingerprint density at radius 1 is 1.12 bits per heavy atom. The van der Waals surface area contributed by atoms with Gasteiger partial charge in [-0.25, -0.2) is 0 Å². The third kappa shape index (κ3) is 9.72. The van der Waals surface area contributed by atoms with Crippen LogP contribution in [0.5, 0.6) is 0 Å². The van der Waals surface area contributed by atoms with Crippen LogP contribution in [0.15, 0.2) is 0 Å². The summed E-state index contributed by atoms with van der Waals surface area (Å²) in [6.07, 6.45) is 0. The van der Waals surface area contributed by atoms with E-state index in [9.17, 15) is 9.59 Å². The quantitative estimate of drug-likeness (QED) is 0.447. The molecule has 4 heteroatoms. The van der Waals surface area contributed by atoms with Crippen LogP contribution in [0.3, 0.4) is 0 Å². The smallest absolute Gasteiger partial charge is 0.310 e. The summed E-state index contributed by atoms with van der Waals surface area (Å²) in [4.78, 5) is 19.6. The molecule has 44 valence electrons. The number of esters is 2. The van der Waals surface area contributed by atoms with Gasteiger partial charge in [0.25, 0.3) is 0 Å². The van der Waals surface area contributed by atoms with Gasteiger partial charge in [-0.3, -0.25) is 9.59 Å². The molecule has 0 saturated carbocycles. The maximum Gasteiger partial charge on any atom is 0.310 e. The minimum absolute atomic E-state index is 0. The summed E-state index contributed by atoms with van der Waals surface area (Å²) in [5.74, 6) is -1.12. The van der Waals surface area contributed by atoms with Gasteiger partial charge in [0.05, 0.1) is 0 Å². The van der Waals surface area contributed by atoms with Crippen LogP contribution in [-0.2, 0) is 14.3 Å². The van der Waals surface area contributed by atoms with E-state index >= 15 is 0 Å². The maximum atomic E-state index is 9.81. The average molecular weight is 242 g/mol. The molecule has 0 unspecified atom stereocenters. The molecule has 0 amide bonds. The summed E-state index contributed by atoms with van der Waals surface area (Å²) >= 11 is 0. The SMILES string of the molecule is CC(=O)OC(C)=O.[Ce]. The summed E-state index contributed by atoms with van der Waals surface area (Å²) < 4.78 is 3.97. The maximum absolute atomic E-state index is 9.81. The van der Waals surface area contributed by atoms with Crippen LogP contribution in [0, 0.1) is 41.7 Å². The number of rotatable bonds is 0. The van der Waals surface area contributed by atoms with Crippen molar-refractivity contribution < 1.29 is 56.1 Å². The first-order valence-electron chi connectivity index (χ1n) is 1.82. The Kier molecular flexibility index (Phi) is 8.00. The fourth-order valence-corrected chi connectivity index (χ4v) is 0.202. The van der Waals surface area contributed by atoms with Crippen LogP contribution in [0.25, 0.3) is 0 Å². The van der Waals surface area contributed by atoms with Crippen LogP contribution in [0.4, 0.5) is 0 Å². The van der Waals surface area contributed by atoms with Gasteiger partial charge in [0.15, 0.2) is 0 Å². The van der Waals surface area contributed by atoms with Crippen LogP contribution in [-0.4, -0.2) is 11.9 Å². The third-order valence-electron chi connectivity index (χ3n) is 0.287. The van der Waals surface area contributed by atoms with E-state index in [1.165, 1.54) is 13.8 Å². The molecule has 3 nitrogen and oxygen atoms in total. The zero-order valence-corrected chi connectivity index (χ0v) is 7.86. The van der Waals surface area contributed by atoms with Crippen LogP contribution in [0.2, 0.25) is 0 Å². The van der Waals surface area contributed by atoms with E-state index in [4.69, 9.17) is 0 Å². The number of carbonyl (C=O) groups excluding carboxylic acids is 2. The molecule has 0 atom stereocenters. The van der Waals surface area contributed by atoms with Gasteiger partial charge in [-0.15, -0.1) is 0 Å². The second-order valence-corrected chi connectivity index (χ2v) is 1.09. The van der Waals surface area contributed by atoms with Gasteiger partial charge in [-0.05, 0) is 0 Å². The molecule has 0 aromatic heterocycles. The zero-order chi connectivity index (χ0) is 5.86. The van der Waals surface area contributed by atoms with Crippen molar-refractivity contribution in [3.63, 3.8) is 0 Å². The monoisotopic (exact) mass is 242 g/mol. The van der Waals surface area contributed by atoms with E-state index < -0.39 is 11.9 Å². The van der Waals surface area contributed by atoms with Gasteiger partial charge in [-0.1, -0.05) is 0 Å². The Hall–Kier alpha value is 0.517. The molecule has 0 bridgehead atoms. The van der Waals surface area contributed by atoms with Crippen molar-refractivity contribution in [1.82, 2.24) is 0 Å². The second-order valence-electron chi connectivity index (χ2n) is 1.09. The molecule has 0 rings (SSSR count). The molecule has 0 aromatic rings. The third-order valence-corrected chi connectivity index (χ3v) is 0.287. The molecule has 0 aliphatic rings. The number of hydrogen-bond acceptors (Lipinski definition) is 3. The van der Waals surface area contributed by atoms with Gasteiger partial charge in [0, 0.05) is 55.6 Å². The van der Waals surface area contributed by atoms with Gasteiger partial charge in [0.2, 0.25) is 0 Å². The molecule has 0 N–H and O–H groups in total. The fourth-order valence-electron chi connectivity index (χ4n) is 0.202. The molecule has 0 aliphatic heterocycles. The van der Waals surface area contributed by atoms with Gasteiger partial charge >= 0.3 is 11.9 Å². The van der Waals surface area contributed by atoms with Crippen LogP contribution >= 0.6 is 0 Å². The summed E-state index contributed by atoms with van der Waals surface area (Å²) in [5, 5.41) is 0. The van der Waals surface area contributed by atoms with Crippen LogP contribution < -0.4 is 0 Å². The summed E-state index contributed by atoms with van der Waals surface area (Å²) in [7, 11) is 0. The molecule has 0 radical (unpaired) electrons. The van der Waals surface area contributed by atoms with E-state index in [-0.39, 0.29) is 41.7 Å². The van der Waals surface area contributed by atoms with Crippen molar-refractivity contribution >= 4 is 11.9 Å². The molecule has 0 saturated heterocycles. The fraction of sp³-hybridized carbons (Fsp3) is 0.500. The Balaban J connectivity index is 0. The number of carbonyl (C=O) groups is 2. The largest absolute Gasteiger partial charge is 0.394 e. The summed E-state index contributed by atoms with van der Waals surface area (Å²) in [6.45, 7) is 2.36. The van der Waals surface area contributed by atoms with Gasteiger partial charge in [0.1, 0.15) is 0 Å². The van der Waals surface area contributed by atoms with Crippen molar-refractivity contribution in [2.45, 2.75) is 13.8 Å². The van der Waals surface area contributed by atoms with Crippen molar-refractivity contribution in [3.05, 3.63) is 0 Å². The standard InChI is InChI=1S/C4H6O3.Ce/c1-3(5)7-4(2)6;/h1-2H3;. The molecule has 0 heterocycles. The van der Waals surface area contributed by atoms with E-state index in [0.717, 1.165) is 0 Å². The van der Waals surface area contributed by atoms with Crippen molar-refractivity contribution in [3.8, 4) is 0 Å². The van der Waals surface area contributed by atoms with Gasteiger partial charge < -0.3 is 4.74 Å². The molecule has 8 heavy (non-hydrogen) atoms. The Bertz CT molecular complexity index is 87.5. The normalized spacial score (nSPS) is 6.75. The van der Waals surface area contributed by atoms with Crippen molar-refractivity contribution in [2.75, 3.05) is 0 Å². The van der Waals surface area contributed by atoms with Crippen LogP contribution in [0.1, 0.15) is 13.8 Å². The second kappa shape index (κ2) is 5.65. The van der Waals surface area contributed by atoms with Crippen molar-refractivity contribution in [1.29, 1.82) is 0 Å². The molecular weight excluding hydrogens is 236 g/mol. The Labute approximate surface area is 81.2 Å². The topological polar surface area (TPSA) is 43.4 Å². The minimum Gasteiger partial charge on any atom is -0.394 e. The molecular formula is C4H6CeO3. The summed E-state index contributed by atoms with van der Waals surface area (Å²) in [6, 6.07) is 0. The first-order valence-corrected chi connectivity index (χ1v) is 1.82. The van der Waals surface area contributed by atoms with Crippen molar-refractivity contribution in [2.24, 2.45) is 0 Å². The Morgan fingerprint density at radius 2 is 1.38 bits per heavy atom. The predicted octanol–water partition coefficient (Wildman–Crippen LogP) is 0.0960. The zero-order valence-electron chi connectivity index (χ0n) is 4.72. The van der Waals surface area contributed by atoms with E-state index in [1.54, 1.807) is 0 Å². The number of ether oxygens (including phenoxy) is 1. The first-order chi connectivity index (χ1) is 3.13. The molecule has 0 spiro atoms. The van der Waals surface area contributed by atoms with E-state index in [1.807, 2.05) is 0 Å². The minimum atomic E-state index is -0.562.